The maximum Gasteiger partial charge on any atom is 0.204 e. The van der Waals surface area contributed by atoms with Crippen LogP contribution in [-0.2, 0) is 5.11 Å². The van der Waals surface area contributed by atoms with Gasteiger partial charge in [0.2, 0.25) is 5.75 Å². The first-order valence-electron chi connectivity index (χ1n) is 8.53. The zero-order valence-corrected chi connectivity index (χ0v) is 14.5. The Morgan fingerprint density at radius 2 is 1.84 bits per heavy atom. The van der Waals surface area contributed by atoms with Crippen LogP contribution in [0.25, 0.3) is 10.9 Å². The van der Waals surface area contributed by atoms with E-state index in [-0.39, 0.29) is 5.75 Å². The van der Waals surface area contributed by atoms with Gasteiger partial charge in [0.05, 0.1) is 16.2 Å². The molecule has 25 heavy (non-hydrogen) atoms. The molecule has 0 amide bonds. The van der Waals surface area contributed by atoms with Crippen molar-refractivity contribution >= 4 is 33.9 Å². The molecule has 2 heterocycles. The minimum atomic E-state index is 0.0451. The first-order valence-corrected chi connectivity index (χ1v) is 8.91. The number of nitrogens with one attached hydrogen (secondary N) is 1. The fraction of sp³-hybridized carbons (Fsp3) is 0.250. The van der Waals surface area contributed by atoms with Gasteiger partial charge in [-0.3, -0.25) is 10.1 Å². The summed E-state index contributed by atoms with van der Waals surface area (Å²) in [7, 11) is 0. The second-order valence-corrected chi connectivity index (χ2v) is 6.78. The topological polar surface area (TPSA) is 48.1 Å². The number of hydrogen-bond donors (Lipinski definition) is 1. The third-order valence-corrected chi connectivity index (χ3v) is 5.09. The summed E-state index contributed by atoms with van der Waals surface area (Å²) in [6.45, 7) is 1.65. The summed E-state index contributed by atoms with van der Waals surface area (Å²) in [6.07, 6.45) is 3.65. The van der Waals surface area contributed by atoms with Crippen LogP contribution in [0.2, 0.25) is 5.02 Å². The first kappa shape index (κ1) is 16.0. The number of hydrogen-bond acceptors (Lipinski definition) is 3. The van der Waals surface area contributed by atoms with Gasteiger partial charge in [-0.1, -0.05) is 29.8 Å². The van der Waals surface area contributed by atoms with Crippen molar-refractivity contribution in [2.24, 2.45) is 0 Å². The van der Waals surface area contributed by atoms with Crippen LogP contribution < -0.4 is 10.2 Å². The number of anilines is 2. The molecule has 0 aliphatic carbocycles. The summed E-state index contributed by atoms with van der Waals surface area (Å²) in [5.74, 6) is 0.0451. The number of para-hydroxylation sites is 1. The van der Waals surface area contributed by atoms with Gasteiger partial charge in [0.15, 0.2) is 0 Å². The predicted octanol–water partition coefficient (Wildman–Crippen LogP) is 5.11. The minimum absolute atomic E-state index is 0.0451. The molecule has 0 atom stereocenters. The van der Waals surface area contributed by atoms with E-state index in [0.29, 0.717) is 6.04 Å². The average Bonchev–Trinajstić information content (AvgIpc) is 2.64. The molecule has 1 aliphatic heterocycles. The van der Waals surface area contributed by atoms with Gasteiger partial charge in [-0.2, -0.15) is 0 Å². The Labute approximate surface area is 152 Å². The summed E-state index contributed by atoms with van der Waals surface area (Å²) in [4.78, 5) is 6.61. The first-order chi connectivity index (χ1) is 12.2. The van der Waals surface area contributed by atoms with Gasteiger partial charge in [0.25, 0.3) is 0 Å². The van der Waals surface area contributed by atoms with Crippen LogP contribution >= 0.6 is 11.6 Å². The van der Waals surface area contributed by atoms with Crippen molar-refractivity contribution in [1.29, 1.82) is 0 Å². The van der Waals surface area contributed by atoms with Gasteiger partial charge in [-0.15, -0.1) is 0 Å². The number of fused-ring (bicyclic) bond motifs is 1. The number of aromatic nitrogens is 1. The number of pyridine rings is 1. The Morgan fingerprint density at radius 1 is 1.04 bits per heavy atom. The zero-order valence-electron chi connectivity index (χ0n) is 13.8. The van der Waals surface area contributed by atoms with Crippen LogP contribution in [0, 0.1) is 0 Å². The summed E-state index contributed by atoms with van der Waals surface area (Å²) in [6, 6.07) is 15.5. The molecule has 5 heteroatoms. The smallest absolute Gasteiger partial charge is 0.204 e. The van der Waals surface area contributed by atoms with E-state index >= 15 is 0 Å². The van der Waals surface area contributed by atoms with Crippen molar-refractivity contribution in [1.82, 2.24) is 4.98 Å². The highest BCUT2D eigenvalue weighted by Crippen LogP contribution is 2.36. The van der Waals surface area contributed by atoms with E-state index in [9.17, 15) is 5.11 Å². The summed E-state index contributed by atoms with van der Waals surface area (Å²) >= 11 is 6.23. The predicted molar refractivity (Wildman–Crippen MR) is 102 cm³/mol. The van der Waals surface area contributed by atoms with Crippen molar-refractivity contribution in [3.8, 4) is 5.75 Å². The molecule has 1 aromatic heterocycles. The largest absolute Gasteiger partial charge is 0.381 e. The lowest BCUT2D eigenvalue weighted by atomic mass is 10.0. The highest BCUT2D eigenvalue weighted by molar-refractivity contribution is 6.33. The Bertz CT molecular complexity index is 891. The van der Waals surface area contributed by atoms with E-state index in [1.807, 2.05) is 42.5 Å². The van der Waals surface area contributed by atoms with Gasteiger partial charge in [0, 0.05) is 30.7 Å². The molecule has 1 saturated heterocycles. The Kier molecular flexibility index (Phi) is 4.36. The van der Waals surface area contributed by atoms with E-state index in [1.165, 1.54) is 0 Å². The molecular weight excluding hydrogens is 334 g/mol. The van der Waals surface area contributed by atoms with Crippen molar-refractivity contribution in [3.05, 3.63) is 59.8 Å². The average molecular weight is 353 g/mol. The van der Waals surface area contributed by atoms with Crippen molar-refractivity contribution in [2.45, 2.75) is 18.9 Å². The summed E-state index contributed by atoms with van der Waals surface area (Å²) < 4.78 is 0. The molecule has 3 aromatic rings. The van der Waals surface area contributed by atoms with Crippen LogP contribution in [0.15, 0.2) is 54.7 Å². The molecule has 0 unspecified atom stereocenters. The maximum atomic E-state index is 12.4. The lowest BCUT2D eigenvalue weighted by Gasteiger charge is -2.34. The molecule has 1 fully saturated rings. The molecule has 4 rings (SSSR count). The fourth-order valence-electron chi connectivity index (χ4n) is 3.46. The summed E-state index contributed by atoms with van der Waals surface area (Å²) in [5, 5.41) is 17.7. The van der Waals surface area contributed by atoms with Gasteiger partial charge >= 0.3 is 0 Å². The van der Waals surface area contributed by atoms with Gasteiger partial charge in [-0.05, 0) is 43.2 Å². The van der Waals surface area contributed by atoms with Gasteiger partial charge in [0.1, 0.15) is 5.69 Å². The Morgan fingerprint density at radius 3 is 2.64 bits per heavy atom. The lowest BCUT2D eigenvalue weighted by molar-refractivity contribution is 0.354. The van der Waals surface area contributed by atoms with Crippen LogP contribution in [0.5, 0.6) is 5.75 Å². The molecule has 127 valence electrons. The molecule has 1 radical (unpaired) electrons. The van der Waals surface area contributed by atoms with Crippen molar-refractivity contribution in [3.63, 3.8) is 0 Å². The molecule has 2 aromatic carbocycles. The quantitative estimate of drug-likeness (QED) is 0.712. The highest BCUT2D eigenvalue weighted by atomic mass is 35.5. The normalized spacial score (nSPS) is 15.5. The number of benzene rings is 2. The van der Waals surface area contributed by atoms with Crippen molar-refractivity contribution in [2.75, 3.05) is 23.3 Å². The second-order valence-electron chi connectivity index (χ2n) is 6.37. The van der Waals surface area contributed by atoms with E-state index in [1.54, 1.807) is 12.3 Å². The standard InChI is InChI=1S/C20H19ClN3O/c21-16-5-1-2-6-17(16)23-15-9-12-24(13-10-15)20-18(25)8-7-14-4-3-11-22-19(14)20/h1-8,11,15,23H,9-10,12-13H2. The number of piperidine rings is 1. The Hall–Kier alpha value is -2.46. The molecular formula is C20H19ClN3O. The van der Waals surface area contributed by atoms with E-state index in [0.717, 1.165) is 53.2 Å². The third-order valence-electron chi connectivity index (χ3n) is 4.76. The van der Waals surface area contributed by atoms with Gasteiger partial charge in [-0.25, -0.2) is 0 Å². The van der Waals surface area contributed by atoms with Crippen molar-refractivity contribution < 1.29 is 5.11 Å². The van der Waals surface area contributed by atoms with Crippen LogP contribution in [0.3, 0.4) is 0 Å². The monoisotopic (exact) mass is 352 g/mol. The zero-order chi connectivity index (χ0) is 17.2. The lowest BCUT2D eigenvalue weighted by Crippen LogP contribution is -2.39. The van der Waals surface area contributed by atoms with Gasteiger partial charge < -0.3 is 10.2 Å². The summed E-state index contributed by atoms with van der Waals surface area (Å²) in [5.41, 5.74) is 2.50. The SMILES string of the molecule is [O]c1ccc2cccnc2c1N1CCC(Nc2ccccc2Cl)CC1. The molecule has 1 N–H and O–H groups in total. The third kappa shape index (κ3) is 3.22. The number of halogens is 1. The number of rotatable bonds is 3. The minimum Gasteiger partial charge on any atom is -0.381 e. The molecule has 1 aliphatic rings. The van der Waals surface area contributed by atoms with E-state index in [2.05, 4.69) is 15.2 Å². The fourth-order valence-corrected chi connectivity index (χ4v) is 3.65. The molecule has 4 nitrogen and oxygen atoms in total. The van der Waals surface area contributed by atoms with Crippen LogP contribution in [0.4, 0.5) is 11.4 Å². The molecule has 0 spiro atoms. The molecule has 0 bridgehead atoms. The maximum absolute atomic E-state index is 12.4. The molecule has 0 saturated carbocycles. The second kappa shape index (κ2) is 6.81. The highest BCUT2D eigenvalue weighted by Gasteiger charge is 2.24. The number of nitrogens with zero attached hydrogens (tertiary/aromatic N) is 2. The van der Waals surface area contributed by atoms with Crippen LogP contribution in [-0.4, -0.2) is 24.1 Å². The van der Waals surface area contributed by atoms with Crippen LogP contribution in [0.1, 0.15) is 12.8 Å². The Balaban J connectivity index is 1.51. The van der Waals surface area contributed by atoms with E-state index in [4.69, 9.17) is 11.6 Å². The van der Waals surface area contributed by atoms with E-state index < -0.39 is 0 Å².